The van der Waals surface area contributed by atoms with E-state index in [0.29, 0.717) is 25.0 Å². The smallest absolute Gasteiger partial charge is 0.407 e. The highest BCUT2D eigenvalue weighted by molar-refractivity contribution is 6.22. The number of rotatable bonds is 11. The van der Waals surface area contributed by atoms with Crippen molar-refractivity contribution in [1.29, 1.82) is 0 Å². The average Bonchev–Trinajstić information content (AvgIpc) is 3.47. The molecule has 2 aliphatic rings. The van der Waals surface area contributed by atoms with E-state index in [1.54, 1.807) is 0 Å². The third-order valence-corrected chi connectivity index (χ3v) is 6.94. The predicted molar refractivity (Wildman–Crippen MR) is 129 cm³/mol. The molecule has 1 aromatic rings. The average molecular weight is 457 g/mol. The van der Waals surface area contributed by atoms with Gasteiger partial charge in [-0.05, 0) is 50.5 Å². The molecule has 2 unspecified atom stereocenters. The maximum absolute atomic E-state index is 13.2. The lowest BCUT2D eigenvalue weighted by Crippen LogP contribution is -2.53. The molecule has 33 heavy (non-hydrogen) atoms. The van der Waals surface area contributed by atoms with E-state index in [9.17, 15) is 14.4 Å². The van der Waals surface area contributed by atoms with Gasteiger partial charge < -0.3 is 15.4 Å². The summed E-state index contributed by atoms with van der Waals surface area (Å²) in [6, 6.07) is 9.33. The second-order valence-electron chi connectivity index (χ2n) is 10.7. The maximum atomic E-state index is 13.2. The minimum Gasteiger partial charge on any atom is -0.449 e. The van der Waals surface area contributed by atoms with Crippen molar-refractivity contribution in [3.05, 3.63) is 35.9 Å². The molecule has 2 fully saturated rings. The maximum Gasteiger partial charge on any atom is 0.407 e. The Labute approximate surface area is 198 Å². The Morgan fingerprint density at radius 3 is 2.39 bits per heavy atom. The third kappa shape index (κ3) is 7.13. The first-order valence-corrected chi connectivity index (χ1v) is 12.5. The minimum atomic E-state index is -0.868. The molecule has 0 spiro atoms. The first-order chi connectivity index (χ1) is 15.7. The zero-order chi connectivity index (χ0) is 24.0. The second kappa shape index (κ2) is 11.3. The van der Waals surface area contributed by atoms with Gasteiger partial charge in [-0.25, -0.2) is 4.79 Å². The monoisotopic (exact) mass is 456 g/mol. The molecule has 0 aliphatic heterocycles. The van der Waals surface area contributed by atoms with Crippen molar-refractivity contribution >= 4 is 17.7 Å². The molecule has 6 heteroatoms. The van der Waals surface area contributed by atoms with Crippen LogP contribution in [-0.4, -0.2) is 42.4 Å². The molecular weight excluding hydrogens is 416 g/mol. The van der Waals surface area contributed by atoms with Crippen molar-refractivity contribution in [3.63, 3.8) is 0 Å². The third-order valence-electron chi connectivity index (χ3n) is 6.94. The van der Waals surface area contributed by atoms with Crippen molar-refractivity contribution in [3.8, 4) is 0 Å². The quantitative estimate of drug-likeness (QED) is 0.474. The number of nitrogens with one attached hydrogen (secondary N) is 2. The van der Waals surface area contributed by atoms with E-state index < -0.39 is 17.6 Å². The largest absolute Gasteiger partial charge is 0.449 e. The highest BCUT2D eigenvalue weighted by Crippen LogP contribution is 2.45. The van der Waals surface area contributed by atoms with Gasteiger partial charge in [-0.2, -0.15) is 0 Å². The van der Waals surface area contributed by atoms with Gasteiger partial charge in [0.2, 0.25) is 0 Å². The number of alkyl carbamates (subject to hydrolysis) is 1. The summed E-state index contributed by atoms with van der Waals surface area (Å²) in [5.74, 6) is -0.183. The summed E-state index contributed by atoms with van der Waals surface area (Å²) in [4.78, 5) is 38.0. The molecule has 1 amide bonds. The van der Waals surface area contributed by atoms with E-state index in [2.05, 4.69) is 24.5 Å². The predicted octanol–water partition coefficient (Wildman–Crippen LogP) is 4.63. The number of carbonyl (C=O) groups excluding carboxylic acids is 3. The molecule has 2 aliphatic carbocycles. The van der Waals surface area contributed by atoms with E-state index >= 15 is 0 Å². The molecule has 6 nitrogen and oxygen atoms in total. The van der Waals surface area contributed by atoms with Gasteiger partial charge in [0.15, 0.2) is 11.6 Å². The fraction of sp³-hybridized carbons (Fsp3) is 0.667. The van der Waals surface area contributed by atoms with Crippen LogP contribution in [0, 0.1) is 17.8 Å². The van der Waals surface area contributed by atoms with Gasteiger partial charge in [-0.3, -0.25) is 9.59 Å². The summed E-state index contributed by atoms with van der Waals surface area (Å²) in [6.45, 7) is 8.75. The zero-order valence-corrected chi connectivity index (χ0v) is 20.6. The van der Waals surface area contributed by atoms with Crippen LogP contribution in [0.3, 0.4) is 0 Å². The van der Waals surface area contributed by atoms with Crippen LogP contribution in [0.4, 0.5) is 4.79 Å². The molecule has 0 bridgehead atoms. The van der Waals surface area contributed by atoms with Crippen LogP contribution >= 0.6 is 0 Å². The molecule has 0 radical (unpaired) electrons. The Kier molecular flexibility index (Phi) is 8.69. The Morgan fingerprint density at radius 2 is 1.76 bits per heavy atom. The van der Waals surface area contributed by atoms with Crippen LogP contribution in [0.2, 0.25) is 0 Å². The fourth-order valence-electron chi connectivity index (χ4n) is 4.91. The van der Waals surface area contributed by atoms with E-state index in [-0.39, 0.29) is 23.5 Å². The highest BCUT2D eigenvalue weighted by Gasteiger charge is 2.57. The van der Waals surface area contributed by atoms with Crippen LogP contribution < -0.4 is 10.6 Å². The van der Waals surface area contributed by atoms with Gasteiger partial charge in [0.1, 0.15) is 0 Å². The first kappa shape index (κ1) is 25.4. The molecule has 2 saturated carbocycles. The Morgan fingerprint density at radius 1 is 1.09 bits per heavy atom. The van der Waals surface area contributed by atoms with Crippen LogP contribution in [0.25, 0.3) is 0 Å². The number of amides is 1. The van der Waals surface area contributed by atoms with Crippen molar-refractivity contribution in [2.24, 2.45) is 17.8 Å². The number of Topliss-reactive ketones (excluding diaryl/α,β-unsaturated/α-hetero) is 2. The number of benzene rings is 1. The molecule has 0 saturated heterocycles. The Bertz CT molecular complexity index is 815. The second-order valence-corrected chi connectivity index (χ2v) is 10.7. The lowest BCUT2D eigenvalue weighted by atomic mass is 9.90. The summed E-state index contributed by atoms with van der Waals surface area (Å²) in [6.07, 6.45) is 6.34. The van der Waals surface area contributed by atoms with Crippen molar-refractivity contribution in [2.75, 3.05) is 13.2 Å². The summed E-state index contributed by atoms with van der Waals surface area (Å²) in [5, 5.41) is 6.30. The van der Waals surface area contributed by atoms with E-state index in [4.69, 9.17) is 4.74 Å². The number of hydrogen-bond acceptors (Lipinski definition) is 5. The Hall–Kier alpha value is -2.21. The highest BCUT2D eigenvalue weighted by atomic mass is 16.5. The van der Waals surface area contributed by atoms with Crippen LogP contribution in [0.1, 0.15) is 77.7 Å². The van der Waals surface area contributed by atoms with Gasteiger partial charge in [-0.1, -0.05) is 63.4 Å². The number of hydrogen-bond donors (Lipinski definition) is 2. The summed E-state index contributed by atoms with van der Waals surface area (Å²) in [7, 11) is 0. The van der Waals surface area contributed by atoms with E-state index in [0.717, 1.165) is 24.8 Å². The number of carbonyl (C=O) groups is 3. The molecule has 2 N–H and O–H groups in total. The molecule has 1 aromatic carbocycles. The van der Waals surface area contributed by atoms with Crippen molar-refractivity contribution in [2.45, 2.75) is 83.7 Å². The van der Waals surface area contributed by atoms with Crippen LogP contribution in [0.5, 0.6) is 0 Å². The van der Waals surface area contributed by atoms with Gasteiger partial charge >= 0.3 is 6.09 Å². The van der Waals surface area contributed by atoms with E-state index in [1.165, 1.54) is 19.3 Å². The van der Waals surface area contributed by atoms with Gasteiger partial charge in [0.25, 0.3) is 0 Å². The summed E-state index contributed by atoms with van der Waals surface area (Å²) >= 11 is 0. The van der Waals surface area contributed by atoms with Crippen LogP contribution in [0.15, 0.2) is 30.3 Å². The van der Waals surface area contributed by atoms with Gasteiger partial charge in [0, 0.05) is 12.6 Å². The minimum absolute atomic E-state index is 0.00998. The standard InChI is InChI=1S/C27H40N2O4/c1-18(2)15-21(29-26(32)33-17-19-11-7-5-8-12-19)16-28-27(3,4)25(31)23-22(24(23)30)20-13-9-6-10-14-20/h6,9-10,13-14,18-19,21-23,28H,5,7-8,11-12,15-17H2,1-4H3,(H,29,32)/t21-,22?,23?/m1/s1. The summed E-state index contributed by atoms with van der Waals surface area (Å²) < 4.78 is 5.51. The van der Waals surface area contributed by atoms with Crippen molar-refractivity contribution in [1.82, 2.24) is 10.6 Å². The normalized spacial score (nSPS) is 22.2. The Balaban J connectivity index is 1.51. The molecule has 3 atom stereocenters. The molecule has 0 heterocycles. The van der Waals surface area contributed by atoms with E-state index in [1.807, 2.05) is 44.2 Å². The number of ether oxygens (including phenoxy) is 1. The SMILES string of the molecule is CC(C)C[C@H](CNC(C)(C)C(=O)C1C(=O)C1c1ccccc1)NC(=O)OCC1CCCCC1. The molecule has 0 aromatic heterocycles. The molecule has 3 rings (SSSR count). The lowest BCUT2D eigenvalue weighted by Gasteiger charge is -2.29. The van der Waals surface area contributed by atoms with Crippen molar-refractivity contribution < 1.29 is 19.1 Å². The summed E-state index contributed by atoms with van der Waals surface area (Å²) in [5.41, 5.74) is 0.0314. The molecule has 182 valence electrons. The van der Waals surface area contributed by atoms with Crippen LogP contribution in [-0.2, 0) is 14.3 Å². The zero-order valence-electron chi connectivity index (χ0n) is 20.6. The topological polar surface area (TPSA) is 84.5 Å². The van der Waals surface area contributed by atoms with Gasteiger partial charge in [0.05, 0.1) is 24.0 Å². The first-order valence-electron chi connectivity index (χ1n) is 12.5. The molecular formula is C27H40N2O4. The lowest BCUT2D eigenvalue weighted by molar-refractivity contribution is -0.127. The van der Waals surface area contributed by atoms with Gasteiger partial charge in [-0.15, -0.1) is 0 Å². The fourth-order valence-corrected chi connectivity index (χ4v) is 4.91. The number of ketones is 2.